The molecular weight excluding hydrogens is 737 g/mol. The Morgan fingerprint density at radius 1 is 0.268 bits per heavy atom. The highest BCUT2D eigenvalue weighted by molar-refractivity contribution is 6.74. The zero-order valence-electron chi connectivity index (χ0n) is 37.4. The number of hydrogen-bond acceptors (Lipinski definition) is 12. The lowest BCUT2D eigenvalue weighted by Gasteiger charge is -2.36. The highest BCUT2D eigenvalue weighted by Crippen LogP contribution is 2.36. The molecule has 0 heterocycles. The Kier molecular flexibility index (Phi) is 44.1. The minimum atomic E-state index is -1.70. The van der Waals surface area contributed by atoms with E-state index >= 15 is 0 Å². The van der Waals surface area contributed by atoms with Crippen molar-refractivity contribution in [3.63, 3.8) is 0 Å². The smallest absolute Gasteiger partial charge is 0.192 e. The molecule has 0 saturated heterocycles. The molecule has 0 radical (unpaired) electrons. The van der Waals surface area contributed by atoms with Crippen molar-refractivity contribution in [3.05, 3.63) is 0 Å². The van der Waals surface area contributed by atoms with Crippen molar-refractivity contribution >= 4 is 8.32 Å². The van der Waals surface area contributed by atoms with Crippen molar-refractivity contribution in [2.24, 2.45) is 0 Å². The van der Waals surface area contributed by atoms with Gasteiger partial charge in [0.1, 0.15) is 0 Å². The molecule has 0 unspecified atom stereocenters. The third-order valence-corrected chi connectivity index (χ3v) is 14.1. The van der Waals surface area contributed by atoms with Crippen molar-refractivity contribution in [2.45, 2.75) is 129 Å². The van der Waals surface area contributed by atoms with E-state index in [2.05, 4.69) is 40.8 Å². The van der Waals surface area contributed by atoms with E-state index in [0.717, 1.165) is 13.0 Å². The second kappa shape index (κ2) is 44.3. The molecule has 0 bridgehead atoms. The Hall–Kier alpha value is -0.263. The molecule has 0 N–H and O–H groups in total. The van der Waals surface area contributed by atoms with Gasteiger partial charge in [-0.25, -0.2) is 0 Å². The number of unbranched alkanes of at least 4 members (excludes halogenated alkanes) is 12. The molecule has 0 spiro atoms. The molecule has 12 nitrogen and oxygen atoms in total. The van der Waals surface area contributed by atoms with Crippen molar-refractivity contribution in [1.29, 1.82) is 0 Å². The maximum Gasteiger partial charge on any atom is 0.192 e. The van der Waals surface area contributed by atoms with Gasteiger partial charge in [-0.2, -0.15) is 0 Å². The van der Waals surface area contributed by atoms with Crippen molar-refractivity contribution in [2.75, 3.05) is 152 Å². The average molecular weight is 827 g/mol. The second-order valence-electron chi connectivity index (χ2n) is 15.6. The van der Waals surface area contributed by atoms with E-state index in [9.17, 15) is 0 Å². The van der Waals surface area contributed by atoms with Gasteiger partial charge < -0.3 is 56.5 Å². The maximum absolute atomic E-state index is 6.09. The Morgan fingerprint density at radius 3 is 0.696 bits per heavy atom. The largest absolute Gasteiger partial charge is 0.414 e. The van der Waals surface area contributed by atoms with Crippen LogP contribution >= 0.6 is 0 Å². The van der Waals surface area contributed by atoms with Crippen molar-refractivity contribution in [1.82, 2.24) is 0 Å². The standard InChI is InChI=1S/C43H90O12Si/c1-7-8-9-10-11-12-13-14-15-16-17-18-19-20-44-21-22-45-23-24-46-25-26-47-27-28-48-29-30-49-31-32-50-33-34-51-35-36-52-37-38-53-39-40-54-41-42-55-56(5,6)43(2,3)4/h7-42H2,1-6H3. The van der Waals surface area contributed by atoms with Crippen LogP contribution in [0.2, 0.25) is 18.1 Å². The van der Waals surface area contributed by atoms with Crippen molar-refractivity contribution in [3.8, 4) is 0 Å². The minimum absolute atomic E-state index is 0.218. The van der Waals surface area contributed by atoms with Crippen LogP contribution < -0.4 is 0 Å². The molecule has 0 amide bonds. The topological polar surface area (TPSA) is 111 Å². The van der Waals surface area contributed by atoms with Gasteiger partial charge in [0.2, 0.25) is 0 Å². The molecule has 0 saturated carbocycles. The van der Waals surface area contributed by atoms with E-state index in [-0.39, 0.29) is 5.04 Å². The molecule has 0 aliphatic rings. The zero-order chi connectivity index (χ0) is 40.9. The summed E-state index contributed by atoms with van der Waals surface area (Å²) in [6.45, 7) is 26.5. The van der Waals surface area contributed by atoms with Gasteiger partial charge in [-0.3, -0.25) is 0 Å². The SMILES string of the molecule is CCCCCCCCCCCCCCCOCCOCCOCCOCCOCCOCCOCCOCCOCCOCCOCCO[Si](C)(C)C(C)(C)C. The Bertz CT molecular complexity index is 744. The van der Waals surface area contributed by atoms with Crippen LogP contribution in [0.1, 0.15) is 111 Å². The lowest BCUT2D eigenvalue weighted by Crippen LogP contribution is -2.41. The van der Waals surface area contributed by atoms with Crippen molar-refractivity contribution < 1.29 is 56.5 Å². The summed E-state index contributed by atoms with van der Waals surface area (Å²) in [5.74, 6) is 0. The zero-order valence-corrected chi connectivity index (χ0v) is 38.4. The first-order valence-electron chi connectivity index (χ1n) is 22.3. The quantitative estimate of drug-likeness (QED) is 0.0435. The molecule has 0 rings (SSSR count). The summed E-state index contributed by atoms with van der Waals surface area (Å²) in [5.41, 5.74) is 0. The lowest BCUT2D eigenvalue weighted by molar-refractivity contribution is -0.0278. The molecule has 0 aliphatic carbocycles. The highest BCUT2D eigenvalue weighted by atomic mass is 28.4. The van der Waals surface area contributed by atoms with Gasteiger partial charge in [-0.05, 0) is 24.6 Å². The lowest BCUT2D eigenvalue weighted by atomic mass is 10.0. The summed E-state index contributed by atoms with van der Waals surface area (Å²) >= 11 is 0. The number of ether oxygens (including phenoxy) is 11. The maximum atomic E-state index is 6.09. The normalized spacial score (nSPS) is 12.3. The summed E-state index contributed by atoms with van der Waals surface area (Å²) in [7, 11) is -1.70. The molecule has 0 aliphatic heterocycles. The fraction of sp³-hybridized carbons (Fsp3) is 1.00. The van der Waals surface area contributed by atoms with Gasteiger partial charge in [-0.1, -0.05) is 105 Å². The molecule has 13 heteroatoms. The molecule has 338 valence electrons. The summed E-state index contributed by atoms with van der Waals surface area (Å²) in [4.78, 5) is 0. The third kappa shape index (κ3) is 43.3. The van der Waals surface area contributed by atoms with Gasteiger partial charge in [-0.15, -0.1) is 0 Å². The van der Waals surface area contributed by atoms with Gasteiger partial charge >= 0.3 is 0 Å². The van der Waals surface area contributed by atoms with E-state index in [1.807, 2.05) is 0 Å². The van der Waals surface area contributed by atoms with Crippen LogP contribution in [-0.4, -0.2) is 160 Å². The monoisotopic (exact) mass is 827 g/mol. The van der Waals surface area contributed by atoms with E-state index in [4.69, 9.17) is 56.5 Å². The van der Waals surface area contributed by atoms with Gasteiger partial charge in [0.05, 0.1) is 145 Å². The predicted molar refractivity (Wildman–Crippen MR) is 228 cm³/mol. The average Bonchev–Trinajstić information content (AvgIpc) is 3.17. The van der Waals surface area contributed by atoms with Crippen LogP contribution in [0.15, 0.2) is 0 Å². The second-order valence-corrected chi connectivity index (χ2v) is 20.4. The number of hydrogen-bond donors (Lipinski definition) is 0. The first-order valence-corrected chi connectivity index (χ1v) is 25.2. The molecule has 0 aromatic heterocycles. The summed E-state index contributed by atoms with van der Waals surface area (Å²) < 4.78 is 67.2. The number of rotatable bonds is 48. The van der Waals surface area contributed by atoms with Crippen LogP contribution in [0.3, 0.4) is 0 Å². The van der Waals surface area contributed by atoms with Gasteiger partial charge in [0.25, 0.3) is 0 Å². The van der Waals surface area contributed by atoms with E-state index in [1.165, 1.54) is 77.0 Å². The highest BCUT2D eigenvalue weighted by Gasteiger charge is 2.36. The fourth-order valence-corrected chi connectivity index (χ4v) is 6.12. The summed E-state index contributed by atoms with van der Waals surface area (Å²) in [6.07, 6.45) is 17.8. The Balaban J connectivity index is 3.11. The molecule has 0 fully saturated rings. The minimum Gasteiger partial charge on any atom is -0.414 e. The predicted octanol–water partition coefficient (Wildman–Crippen LogP) is 8.28. The first kappa shape index (κ1) is 55.7. The molecule has 0 aromatic carbocycles. The molecule has 0 atom stereocenters. The first-order chi connectivity index (χ1) is 27.3. The fourth-order valence-electron chi connectivity index (χ4n) is 5.10. The molecular formula is C43H90O12Si. The van der Waals surface area contributed by atoms with Gasteiger partial charge in [0.15, 0.2) is 8.32 Å². The van der Waals surface area contributed by atoms with Crippen LogP contribution in [0.5, 0.6) is 0 Å². The molecule has 0 aromatic rings. The Labute approximate surface area is 345 Å². The van der Waals surface area contributed by atoms with Crippen LogP contribution in [-0.2, 0) is 56.5 Å². The van der Waals surface area contributed by atoms with E-state index < -0.39 is 8.32 Å². The third-order valence-electron chi connectivity index (χ3n) is 9.61. The van der Waals surface area contributed by atoms with E-state index in [1.54, 1.807) is 0 Å². The van der Waals surface area contributed by atoms with Crippen LogP contribution in [0.25, 0.3) is 0 Å². The summed E-state index contributed by atoms with van der Waals surface area (Å²) in [5, 5.41) is 0.218. The van der Waals surface area contributed by atoms with E-state index in [0.29, 0.717) is 145 Å². The van der Waals surface area contributed by atoms with Crippen LogP contribution in [0.4, 0.5) is 0 Å². The summed E-state index contributed by atoms with van der Waals surface area (Å²) in [6, 6.07) is 0. The van der Waals surface area contributed by atoms with Crippen LogP contribution in [0, 0.1) is 0 Å². The van der Waals surface area contributed by atoms with Gasteiger partial charge in [0, 0.05) is 6.61 Å². The molecule has 56 heavy (non-hydrogen) atoms. The Morgan fingerprint density at radius 2 is 0.464 bits per heavy atom.